The Morgan fingerprint density at radius 3 is 2.23 bits per heavy atom. The Kier molecular flexibility index (Phi) is 5.68. The molecule has 3 aromatic rings. The lowest BCUT2D eigenvalue weighted by molar-refractivity contribution is 0.0703. The van der Waals surface area contributed by atoms with E-state index in [4.69, 9.17) is 5.26 Å². The summed E-state index contributed by atoms with van der Waals surface area (Å²) in [6.45, 7) is 1.14. The van der Waals surface area contributed by atoms with E-state index >= 15 is 0 Å². The quantitative estimate of drug-likeness (QED) is 0.626. The highest BCUT2D eigenvalue weighted by atomic mass is 32.2. The molecule has 4 rings (SSSR count). The number of nitriles is 1. The lowest BCUT2D eigenvalue weighted by atomic mass is 10.1. The van der Waals surface area contributed by atoms with Crippen LogP contribution in [0.3, 0.4) is 0 Å². The van der Waals surface area contributed by atoms with Crippen LogP contribution in [-0.4, -0.2) is 49.7 Å². The van der Waals surface area contributed by atoms with Crippen molar-refractivity contribution in [3.05, 3.63) is 76.5 Å². The SMILES string of the molecule is N#Cc1ccc(S(=O)(=O)N2CCN(C(=O)c3sccc3-c3ccccc3)CC2)cc1. The molecular weight excluding hydrogens is 418 g/mol. The minimum absolute atomic E-state index is 0.0701. The number of hydrogen-bond donors (Lipinski definition) is 0. The summed E-state index contributed by atoms with van der Waals surface area (Å²) in [5.74, 6) is -0.0701. The summed E-state index contributed by atoms with van der Waals surface area (Å²) in [4.78, 5) is 15.6. The van der Waals surface area contributed by atoms with Crippen molar-refractivity contribution in [3.63, 3.8) is 0 Å². The first-order valence-electron chi connectivity index (χ1n) is 9.43. The van der Waals surface area contributed by atoms with E-state index in [2.05, 4.69) is 0 Å². The lowest BCUT2D eigenvalue weighted by Crippen LogP contribution is -2.50. The van der Waals surface area contributed by atoms with Crippen LogP contribution in [0.1, 0.15) is 15.2 Å². The van der Waals surface area contributed by atoms with Crippen molar-refractivity contribution < 1.29 is 13.2 Å². The van der Waals surface area contributed by atoms with Gasteiger partial charge in [0.05, 0.1) is 21.4 Å². The smallest absolute Gasteiger partial charge is 0.264 e. The standard InChI is InChI=1S/C22H19N3O3S2/c23-16-17-6-8-19(9-7-17)30(27,28)25-13-11-24(12-14-25)22(26)21-20(10-15-29-21)18-4-2-1-3-5-18/h1-10,15H,11-14H2. The molecule has 0 radical (unpaired) electrons. The lowest BCUT2D eigenvalue weighted by Gasteiger charge is -2.34. The third-order valence-corrected chi connectivity index (χ3v) is 7.91. The van der Waals surface area contributed by atoms with Gasteiger partial charge in [-0.05, 0) is 41.3 Å². The normalized spacial score (nSPS) is 15.0. The van der Waals surface area contributed by atoms with E-state index in [1.165, 1.54) is 39.9 Å². The maximum Gasteiger partial charge on any atom is 0.264 e. The zero-order valence-corrected chi connectivity index (χ0v) is 17.7. The van der Waals surface area contributed by atoms with Crippen molar-refractivity contribution in [2.75, 3.05) is 26.2 Å². The van der Waals surface area contributed by atoms with Crippen molar-refractivity contribution in [1.29, 1.82) is 5.26 Å². The Balaban J connectivity index is 1.47. The molecule has 1 fully saturated rings. The van der Waals surface area contributed by atoms with Crippen molar-refractivity contribution in [1.82, 2.24) is 9.21 Å². The highest BCUT2D eigenvalue weighted by Gasteiger charge is 2.31. The Bertz CT molecular complexity index is 1190. The van der Waals surface area contributed by atoms with E-state index in [-0.39, 0.29) is 23.9 Å². The molecule has 30 heavy (non-hydrogen) atoms. The van der Waals surface area contributed by atoms with E-state index in [9.17, 15) is 13.2 Å². The Labute approximate surface area is 179 Å². The number of sulfonamides is 1. The molecule has 8 heteroatoms. The fourth-order valence-electron chi connectivity index (χ4n) is 3.45. The molecule has 0 spiro atoms. The summed E-state index contributed by atoms with van der Waals surface area (Å²) < 4.78 is 27.1. The fraction of sp³-hybridized carbons (Fsp3) is 0.182. The number of hydrogen-bond acceptors (Lipinski definition) is 5. The van der Waals surface area contributed by atoms with Gasteiger partial charge in [0.2, 0.25) is 10.0 Å². The summed E-state index contributed by atoms with van der Waals surface area (Å²) in [7, 11) is -3.65. The number of rotatable bonds is 4. The van der Waals surface area contributed by atoms with Crippen molar-refractivity contribution in [2.24, 2.45) is 0 Å². The van der Waals surface area contributed by atoms with E-state index in [0.717, 1.165) is 11.1 Å². The zero-order valence-electron chi connectivity index (χ0n) is 16.1. The van der Waals surface area contributed by atoms with Crippen LogP contribution in [0.5, 0.6) is 0 Å². The van der Waals surface area contributed by atoms with Gasteiger partial charge in [0.1, 0.15) is 0 Å². The summed E-state index contributed by atoms with van der Waals surface area (Å²) in [6, 6.07) is 19.6. The second-order valence-electron chi connectivity index (χ2n) is 6.86. The van der Waals surface area contributed by atoms with Crippen molar-refractivity contribution in [2.45, 2.75) is 4.90 Å². The average Bonchev–Trinajstić information content (AvgIpc) is 3.29. The molecule has 1 aliphatic rings. The predicted octanol–water partition coefficient (Wildman–Crippen LogP) is 3.43. The van der Waals surface area contributed by atoms with Gasteiger partial charge in [-0.3, -0.25) is 4.79 Å². The Morgan fingerprint density at radius 2 is 1.60 bits per heavy atom. The number of thiophene rings is 1. The molecular formula is C22H19N3O3S2. The summed E-state index contributed by atoms with van der Waals surface area (Å²) in [5.41, 5.74) is 2.30. The first kappa shape index (κ1) is 20.3. The van der Waals surface area contributed by atoms with Crippen LogP contribution >= 0.6 is 11.3 Å². The number of benzene rings is 2. The van der Waals surface area contributed by atoms with Gasteiger partial charge < -0.3 is 4.90 Å². The predicted molar refractivity (Wildman–Crippen MR) is 116 cm³/mol. The first-order chi connectivity index (χ1) is 14.5. The van der Waals surface area contributed by atoms with Crippen LogP contribution in [0.15, 0.2) is 70.9 Å². The monoisotopic (exact) mass is 437 g/mol. The number of amides is 1. The molecule has 0 atom stereocenters. The Hall–Kier alpha value is -2.99. The molecule has 1 amide bonds. The molecule has 1 aromatic heterocycles. The van der Waals surface area contributed by atoms with E-state index in [0.29, 0.717) is 23.5 Å². The van der Waals surface area contributed by atoms with Gasteiger partial charge in [0, 0.05) is 31.7 Å². The number of nitrogens with zero attached hydrogens (tertiary/aromatic N) is 3. The van der Waals surface area contributed by atoms with Crippen LogP contribution in [0.2, 0.25) is 0 Å². The van der Waals surface area contributed by atoms with Gasteiger partial charge in [0.15, 0.2) is 0 Å². The summed E-state index contributed by atoms with van der Waals surface area (Å²) in [5, 5.41) is 10.8. The third-order valence-electron chi connectivity index (χ3n) is 5.09. The number of carbonyl (C=O) groups is 1. The minimum Gasteiger partial charge on any atom is -0.335 e. The van der Waals surface area contributed by atoms with E-state index in [1.54, 1.807) is 4.90 Å². The largest absolute Gasteiger partial charge is 0.335 e. The number of piperazine rings is 1. The van der Waals surface area contributed by atoms with Crippen molar-refractivity contribution >= 4 is 27.3 Å². The molecule has 2 heterocycles. The highest BCUT2D eigenvalue weighted by molar-refractivity contribution is 7.89. The summed E-state index contributed by atoms with van der Waals surface area (Å²) >= 11 is 1.40. The van der Waals surface area contributed by atoms with Gasteiger partial charge in [-0.25, -0.2) is 8.42 Å². The molecule has 0 unspecified atom stereocenters. The molecule has 0 saturated carbocycles. The molecule has 0 aliphatic carbocycles. The highest BCUT2D eigenvalue weighted by Crippen LogP contribution is 2.30. The second-order valence-corrected chi connectivity index (χ2v) is 9.72. The van der Waals surface area contributed by atoms with Gasteiger partial charge in [-0.1, -0.05) is 30.3 Å². The number of carbonyl (C=O) groups excluding carboxylic acids is 1. The fourth-order valence-corrected chi connectivity index (χ4v) is 5.75. The van der Waals surface area contributed by atoms with Gasteiger partial charge in [0.25, 0.3) is 5.91 Å². The molecule has 0 bridgehead atoms. The van der Waals surface area contributed by atoms with Crippen molar-refractivity contribution in [3.8, 4) is 17.2 Å². The van der Waals surface area contributed by atoms with Gasteiger partial charge in [-0.2, -0.15) is 9.57 Å². The van der Waals surface area contributed by atoms with E-state index < -0.39 is 10.0 Å². The van der Waals surface area contributed by atoms with Crippen LogP contribution < -0.4 is 0 Å². The van der Waals surface area contributed by atoms with Gasteiger partial charge >= 0.3 is 0 Å². The van der Waals surface area contributed by atoms with Crippen LogP contribution in [0.4, 0.5) is 0 Å². The second kappa shape index (κ2) is 8.40. The third kappa shape index (κ3) is 3.87. The molecule has 2 aromatic carbocycles. The molecule has 1 saturated heterocycles. The molecule has 0 N–H and O–H groups in total. The maximum atomic E-state index is 13.1. The van der Waals surface area contributed by atoms with E-state index in [1.807, 2.05) is 47.8 Å². The summed E-state index contributed by atoms with van der Waals surface area (Å²) in [6.07, 6.45) is 0. The topological polar surface area (TPSA) is 81.5 Å². The van der Waals surface area contributed by atoms with Gasteiger partial charge in [-0.15, -0.1) is 11.3 Å². The molecule has 6 nitrogen and oxygen atoms in total. The van der Waals surface area contributed by atoms with Crippen LogP contribution in [-0.2, 0) is 10.0 Å². The molecule has 1 aliphatic heterocycles. The molecule has 152 valence electrons. The van der Waals surface area contributed by atoms with Crippen LogP contribution in [0, 0.1) is 11.3 Å². The minimum atomic E-state index is -3.65. The Morgan fingerprint density at radius 1 is 0.933 bits per heavy atom. The average molecular weight is 438 g/mol. The maximum absolute atomic E-state index is 13.1. The zero-order chi connectivity index (χ0) is 21.1. The first-order valence-corrected chi connectivity index (χ1v) is 11.7. The van der Waals surface area contributed by atoms with Crippen LogP contribution in [0.25, 0.3) is 11.1 Å².